The van der Waals surface area contributed by atoms with Crippen molar-refractivity contribution >= 4 is 15.8 Å². The van der Waals surface area contributed by atoms with Gasteiger partial charge in [-0.25, -0.2) is 13.2 Å². The summed E-state index contributed by atoms with van der Waals surface area (Å²) in [5.74, 6) is -2.91. The molecule has 112 valence electrons. The number of carboxylic acids is 1. The maximum absolute atomic E-state index is 11.8. The lowest BCUT2D eigenvalue weighted by Crippen LogP contribution is -2.07. The number of carboxylic acid groups (broad SMARTS) is 1. The van der Waals surface area contributed by atoms with Crippen LogP contribution >= 0.6 is 0 Å². The van der Waals surface area contributed by atoms with Crippen molar-refractivity contribution in [3.05, 3.63) is 23.3 Å². The van der Waals surface area contributed by atoms with Crippen molar-refractivity contribution in [1.29, 1.82) is 0 Å². The minimum atomic E-state index is -3.72. The van der Waals surface area contributed by atoms with E-state index >= 15 is 0 Å². The Labute approximate surface area is 119 Å². The van der Waals surface area contributed by atoms with E-state index in [9.17, 15) is 23.4 Å². The summed E-state index contributed by atoms with van der Waals surface area (Å²) in [4.78, 5) is 10.9. The lowest BCUT2D eigenvalue weighted by Gasteiger charge is -2.11. The van der Waals surface area contributed by atoms with Crippen LogP contribution in [0.2, 0.25) is 0 Å². The van der Waals surface area contributed by atoms with Gasteiger partial charge in [0.25, 0.3) is 0 Å². The van der Waals surface area contributed by atoms with Gasteiger partial charge in [-0.2, -0.15) is 0 Å². The molecular weight excluding hydrogens is 302 g/mol. The second-order valence-corrected chi connectivity index (χ2v) is 6.36. The summed E-state index contributed by atoms with van der Waals surface area (Å²) in [6.07, 6.45) is 0.933. The Morgan fingerprint density at radius 2 is 1.90 bits per heavy atom. The molecule has 2 aromatic rings. The maximum Gasteiger partial charge on any atom is 0.352 e. The summed E-state index contributed by atoms with van der Waals surface area (Å²) < 4.78 is 28.0. The lowest BCUT2D eigenvalue weighted by molar-refractivity contribution is 0.0696. The number of benzene rings is 1. The van der Waals surface area contributed by atoms with E-state index in [1.54, 1.807) is 0 Å². The minimum Gasteiger partial charge on any atom is -0.500 e. The van der Waals surface area contributed by atoms with Crippen molar-refractivity contribution in [2.24, 2.45) is 0 Å². The molecule has 1 aromatic heterocycles. The summed E-state index contributed by atoms with van der Waals surface area (Å²) in [6.45, 7) is 1.37. The average molecular weight is 313 g/mol. The van der Waals surface area contributed by atoms with Crippen molar-refractivity contribution < 1.29 is 33.1 Å². The van der Waals surface area contributed by atoms with Gasteiger partial charge in [-0.15, -0.1) is 0 Å². The van der Waals surface area contributed by atoms with Gasteiger partial charge in [0, 0.05) is 11.8 Å². The Balaban J connectivity index is 2.93. The van der Waals surface area contributed by atoms with Crippen LogP contribution in [0.15, 0.2) is 21.6 Å². The van der Waals surface area contributed by atoms with E-state index in [-0.39, 0.29) is 27.3 Å². The van der Waals surface area contributed by atoms with Crippen molar-refractivity contribution in [3.63, 3.8) is 0 Å². The molecule has 1 aromatic carbocycles. The Hall–Kier alpha value is -2.55. The Kier molecular flexibility index (Phi) is 3.38. The van der Waals surface area contributed by atoms with Crippen molar-refractivity contribution in [2.45, 2.75) is 11.8 Å². The average Bonchev–Trinajstić information content (AvgIpc) is 2.68. The highest BCUT2D eigenvalue weighted by molar-refractivity contribution is 7.90. The molecule has 3 N–H and O–H groups in total. The third-order valence-electron chi connectivity index (χ3n) is 2.94. The van der Waals surface area contributed by atoms with Crippen molar-refractivity contribution in [1.82, 2.24) is 5.16 Å². The van der Waals surface area contributed by atoms with E-state index in [2.05, 4.69) is 9.68 Å². The van der Waals surface area contributed by atoms with E-state index in [1.807, 2.05) is 0 Å². The van der Waals surface area contributed by atoms with E-state index in [0.717, 1.165) is 18.4 Å². The number of nitrogens with zero attached hydrogens (tertiary/aromatic N) is 1. The second kappa shape index (κ2) is 4.77. The zero-order valence-corrected chi connectivity index (χ0v) is 11.8. The van der Waals surface area contributed by atoms with E-state index in [4.69, 9.17) is 5.11 Å². The van der Waals surface area contributed by atoms with Crippen molar-refractivity contribution in [3.8, 4) is 23.0 Å². The molecule has 0 aliphatic carbocycles. The third kappa shape index (κ3) is 2.42. The number of carbonyl (C=O) groups is 1. The van der Waals surface area contributed by atoms with Crippen LogP contribution in [0.3, 0.4) is 0 Å². The summed E-state index contributed by atoms with van der Waals surface area (Å²) in [6, 6.07) is 2.25. The van der Waals surface area contributed by atoms with Gasteiger partial charge in [-0.3, -0.25) is 0 Å². The summed E-state index contributed by atoms with van der Waals surface area (Å²) in [5.41, 5.74) is -0.541. The molecule has 0 radical (unpaired) electrons. The standard InChI is InChI=1S/C12H11NO7S/c1-5-6(11(15)16)3-4-7(21(2,18)19)8(5)9-10(14)12(17)20-13-9/h3-4,14,17H,1-2H3,(H,15,16). The van der Waals surface area contributed by atoms with Crippen LogP contribution in [-0.4, -0.2) is 41.1 Å². The summed E-state index contributed by atoms with van der Waals surface area (Å²) in [7, 11) is -3.72. The zero-order chi connectivity index (χ0) is 15.9. The highest BCUT2D eigenvalue weighted by atomic mass is 32.2. The fourth-order valence-corrected chi connectivity index (χ4v) is 2.90. The number of hydrogen-bond donors (Lipinski definition) is 3. The predicted molar refractivity (Wildman–Crippen MR) is 70.1 cm³/mol. The van der Waals surface area contributed by atoms with Crippen LogP contribution in [-0.2, 0) is 9.84 Å². The molecule has 0 bridgehead atoms. The highest BCUT2D eigenvalue weighted by Gasteiger charge is 2.27. The summed E-state index contributed by atoms with van der Waals surface area (Å²) >= 11 is 0. The summed E-state index contributed by atoms with van der Waals surface area (Å²) in [5, 5.41) is 31.4. The lowest BCUT2D eigenvalue weighted by atomic mass is 9.99. The van der Waals surface area contributed by atoms with Gasteiger partial charge in [-0.1, -0.05) is 5.16 Å². The van der Waals surface area contributed by atoms with Gasteiger partial charge < -0.3 is 19.8 Å². The molecule has 21 heavy (non-hydrogen) atoms. The molecule has 0 atom stereocenters. The topological polar surface area (TPSA) is 138 Å². The van der Waals surface area contributed by atoms with Gasteiger partial charge in [-0.05, 0) is 24.6 Å². The van der Waals surface area contributed by atoms with Gasteiger partial charge in [0.05, 0.1) is 10.5 Å². The molecule has 1 heterocycles. The predicted octanol–water partition coefficient (Wildman–Crippen LogP) is 1.16. The molecule has 0 saturated heterocycles. The molecule has 0 fully saturated rings. The first kappa shape index (κ1) is 14.9. The smallest absolute Gasteiger partial charge is 0.352 e. The molecule has 9 heteroatoms. The largest absolute Gasteiger partial charge is 0.500 e. The molecule has 0 spiro atoms. The van der Waals surface area contributed by atoms with Gasteiger partial charge in [0.1, 0.15) is 0 Å². The van der Waals surface area contributed by atoms with Gasteiger partial charge in [0.2, 0.25) is 5.75 Å². The second-order valence-electron chi connectivity index (χ2n) is 4.37. The molecule has 8 nitrogen and oxygen atoms in total. The molecular formula is C12H11NO7S. The Morgan fingerprint density at radius 1 is 1.29 bits per heavy atom. The highest BCUT2D eigenvalue weighted by Crippen LogP contribution is 2.41. The Bertz CT molecular complexity index is 836. The zero-order valence-electron chi connectivity index (χ0n) is 11.0. The van der Waals surface area contributed by atoms with Gasteiger partial charge >= 0.3 is 11.9 Å². The molecule has 0 aliphatic rings. The van der Waals surface area contributed by atoms with E-state index in [1.165, 1.54) is 6.92 Å². The normalized spacial score (nSPS) is 11.5. The van der Waals surface area contributed by atoms with Crippen LogP contribution in [0.4, 0.5) is 0 Å². The fourth-order valence-electron chi connectivity index (χ4n) is 1.96. The van der Waals surface area contributed by atoms with Crippen LogP contribution in [0.5, 0.6) is 11.7 Å². The van der Waals surface area contributed by atoms with Crippen molar-refractivity contribution in [2.75, 3.05) is 6.26 Å². The number of aromatic hydroxyl groups is 2. The molecule has 2 rings (SSSR count). The molecule has 0 amide bonds. The number of aromatic nitrogens is 1. The monoisotopic (exact) mass is 313 g/mol. The van der Waals surface area contributed by atoms with Crippen LogP contribution < -0.4 is 0 Å². The third-order valence-corrected chi connectivity index (χ3v) is 4.08. The number of rotatable bonds is 3. The number of hydrogen-bond acceptors (Lipinski definition) is 7. The van der Waals surface area contributed by atoms with E-state index in [0.29, 0.717) is 0 Å². The van der Waals surface area contributed by atoms with Crippen LogP contribution in [0, 0.1) is 6.92 Å². The number of aromatic carboxylic acids is 1. The van der Waals surface area contributed by atoms with Gasteiger partial charge in [0.15, 0.2) is 15.5 Å². The maximum atomic E-state index is 11.8. The molecule has 0 aliphatic heterocycles. The first-order valence-corrected chi connectivity index (χ1v) is 7.48. The Morgan fingerprint density at radius 3 is 2.33 bits per heavy atom. The number of sulfone groups is 1. The van der Waals surface area contributed by atoms with Crippen LogP contribution in [0.1, 0.15) is 15.9 Å². The molecule has 0 unspecified atom stereocenters. The SMILES string of the molecule is Cc1c(C(=O)O)ccc(S(C)(=O)=O)c1-c1noc(O)c1O. The first-order valence-electron chi connectivity index (χ1n) is 5.59. The minimum absolute atomic E-state index is 0.0778. The van der Waals surface area contributed by atoms with E-state index < -0.39 is 27.5 Å². The fraction of sp³-hybridized carbons (Fsp3) is 0.167. The quantitative estimate of drug-likeness (QED) is 0.767. The van der Waals surface area contributed by atoms with Crippen LogP contribution in [0.25, 0.3) is 11.3 Å². The molecule has 0 saturated carbocycles. The first-order chi connectivity index (χ1) is 9.64.